The van der Waals surface area contributed by atoms with Crippen LogP contribution < -0.4 is 10.3 Å². The van der Waals surface area contributed by atoms with E-state index in [4.69, 9.17) is 4.98 Å². The summed E-state index contributed by atoms with van der Waals surface area (Å²) < 4.78 is 44.0. The number of aryl methyl sites for hydroxylation is 1. The van der Waals surface area contributed by atoms with E-state index in [1.54, 1.807) is 11.5 Å². The van der Waals surface area contributed by atoms with Crippen LogP contribution in [0.3, 0.4) is 0 Å². The first-order valence-electron chi connectivity index (χ1n) is 10.3. The van der Waals surface area contributed by atoms with Crippen LogP contribution in [-0.2, 0) is 19.4 Å². The van der Waals surface area contributed by atoms with Gasteiger partial charge in [0.05, 0.1) is 23.4 Å². The van der Waals surface area contributed by atoms with Crippen LogP contribution in [0.1, 0.15) is 42.0 Å². The van der Waals surface area contributed by atoms with E-state index in [0.29, 0.717) is 47.2 Å². The SMILES string of the molecule is CCCCc1c2c(nc3ccc(OC(F)(F)F)cc13)-c1cc(CCO)c(C)c(=O)n1C2. The normalized spacial score (nSPS) is 12.8. The molecule has 31 heavy (non-hydrogen) atoms. The van der Waals surface area contributed by atoms with Gasteiger partial charge in [0.15, 0.2) is 0 Å². The van der Waals surface area contributed by atoms with Crippen LogP contribution in [0, 0.1) is 6.92 Å². The van der Waals surface area contributed by atoms with E-state index in [9.17, 15) is 23.1 Å². The Kier molecular flexibility index (Phi) is 5.51. The standard InChI is InChI=1S/C23H23F3N2O3/c1-3-4-5-16-17-11-15(31-23(24,25)26)6-7-19(17)27-21-18(16)12-28-20(21)10-14(8-9-29)13(2)22(28)30/h6-7,10-11,29H,3-5,8-9,12H2,1-2H3. The first kappa shape index (κ1) is 21.4. The van der Waals surface area contributed by atoms with Crippen LogP contribution in [-0.4, -0.2) is 27.6 Å². The Labute approximate surface area is 177 Å². The van der Waals surface area contributed by atoms with Gasteiger partial charge in [-0.05, 0) is 61.6 Å². The summed E-state index contributed by atoms with van der Waals surface area (Å²) in [5, 5.41) is 9.96. The Morgan fingerprint density at radius 3 is 2.68 bits per heavy atom. The summed E-state index contributed by atoms with van der Waals surface area (Å²) in [4.78, 5) is 17.7. The van der Waals surface area contributed by atoms with Gasteiger partial charge in [0.2, 0.25) is 0 Å². The van der Waals surface area contributed by atoms with Gasteiger partial charge in [0.1, 0.15) is 5.75 Å². The number of unbranched alkanes of at least 4 members (excludes halogenated alkanes) is 1. The van der Waals surface area contributed by atoms with Crippen molar-refractivity contribution in [2.24, 2.45) is 0 Å². The van der Waals surface area contributed by atoms with E-state index in [0.717, 1.165) is 29.5 Å². The van der Waals surface area contributed by atoms with Gasteiger partial charge >= 0.3 is 6.36 Å². The Balaban J connectivity index is 1.93. The van der Waals surface area contributed by atoms with Gasteiger partial charge in [0, 0.05) is 23.1 Å². The van der Waals surface area contributed by atoms with E-state index in [-0.39, 0.29) is 17.9 Å². The molecule has 1 aliphatic rings. The lowest BCUT2D eigenvalue weighted by Crippen LogP contribution is -2.23. The maximum atomic E-state index is 13.0. The molecule has 0 spiro atoms. The zero-order chi connectivity index (χ0) is 22.3. The van der Waals surface area contributed by atoms with Crippen molar-refractivity contribution < 1.29 is 23.0 Å². The van der Waals surface area contributed by atoms with Gasteiger partial charge in [-0.1, -0.05) is 13.3 Å². The Bertz CT molecular complexity index is 1220. The number of ether oxygens (including phenoxy) is 1. The molecule has 3 aromatic rings. The van der Waals surface area contributed by atoms with Crippen LogP contribution >= 0.6 is 0 Å². The molecule has 8 heteroatoms. The number of pyridine rings is 2. The molecule has 2 aromatic heterocycles. The van der Waals surface area contributed by atoms with Crippen molar-refractivity contribution in [2.45, 2.75) is 52.4 Å². The highest BCUT2D eigenvalue weighted by Gasteiger charge is 2.32. The molecule has 1 N–H and O–H groups in total. The summed E-state index contributed by atoms with van der Waals surface area (Å²) in [5.74, 6) is -0.284. The summed E-state index contributed by atoms with van der Waals surface area (Å²) in [6, 6.07) is 6.06. The third kappa shape index (κ3) is 3.92. The fourth-order valence-corrected chi connectivity index (χ4v) is 4.26. The topological polar surface area (TPSA) is 64.3 Å². The van der Waals surface area contributed by atoms with Crippen LogP contribution in [0.2, 0.25) is 0 Å². The van der Waals surface area contributed by atoms with E-state index >= 15 is 0 Å². The number of alkyl halides is 3. The summed E-state index contributed by atoms with van der Waals surface area (Å²) in [7, 11) is 0. The van der Waals surface area contributed by atoms with Crippen molar-refractivity contribution in [2.75, 3.05) is 6.61 Å². The molecule has 0 amide bonds. The summed E-state index contributed by atoms with van der Waals surface area (Å²) in [6.07, 6.45) is -1.96. The average molecular weight is 432 g/mol. The predicted molar refractivity (Wildman–Crippen MR) is 111 cm³/mol. The Morgan fingerprint density at radius 2 is 2.00 bits per heavy atom. The fourth-order valence-electron chi connectivity index (χ4n) is 4.26. The van der Waals surface area contributed by atoms with E-state index < -0.39 is 6.36 Å². The molecular formula is C23H23F3N2O3. The Hall–Kier alpha value is -2.87. The monoisotopic (exact) mass is 432 g/mol. The minimum absolute atomic E-state index is 0.0640. The second-order valence-electron chi connectivity index (χ2n) is 7.79. The quantitative estimate of drug-likeness (QED) is 0.487. The number of aromatic nitrogens is 2. The van der Waals surface area contributed by atoms with Crippen molar-refractivity contribution in [1.29, 1.82) is 0 Å². The highest BCUT2D eigenvalue weighted by molar-refractivity contribution is 5.89. The number of benzene rings is 1. The molecule has 0 saturated heterocycles. The lowest BCUT2D eigenvalue weighted by Gasteiger charge is -2.14. The molecule has 4 rings (SSSR count). The van der Waals surface area contributed by atoms with Crippen molar-refractivity contribution in [3.8, 4) is 17.1 Å². The lowest BCUT2D eigenvalue weighted by atomic mass is 9.96. The third-order valence-corrected chi connectivity index (χ3v) is 5.78. The van der Waals surface area contributed by atoms with Crippen LogP contribution in [0.4, 0.5) is 13.2 Å². The predicted octanol–water partition coefficient (Wildman–Crippen LogP) is 4.51. The zero-order valence-corrected chi connectivity index (χ0v) is 17.3. The molecule has 1 aromatic carbocycles. The van der Waals surface area contributed by atoms with Gasteiger partial charge in [-0.25, -0.2) is 4.98 Å². The van der Waals surface area contributed by atoms with E-state index in [1.165, 1.54) is 18.2 Å². The van der Waals surface area contributed by atoms with Gasteiger partial charge in [-0.3, -0.25) is 4.79 Å². The van der Waals surface area contributed by atoms with E-state index in [2.05, 4.69) is 4.74 Å². The smallest absolute Gasteiger partial charge is 0.406 e. The number of aliphatic hydroxyl groups excluding tert-OH is 1. The zero-order valence-electron chi connectivity index (χ0n) is 17.3. The highest BCUT2D eigenvalue weighted by Crippen LogP contribution is 2.38. The number of rotatable bonds is 6. The van der Waals surface area contributed by atoms with Crippen LogP contribution in [0.25, 0.3) is 22.3 Å². The minimum atomic E-state index is -4.77. The molecule has 0 unspecified atom stereocenters. The lowest BCUT2D eigenvalue weighted by molar-refractivity contribution is -0.274. The largest absolute Gasteiger partial charge is 0.573 e. The van der Waals surface area contributed by atoms with E-state index in [1.807, 2.05) is 13.0 Å². The second-order valence-corrected chi connectivity index (χ2v) is 7.79. The van der Waals surface area contributed by atoms with Gasteiger partial charge in [-0.2, -0.15) is 0 Å². The van der Waals surface area contributed by atoms with Crippen LogP contribution in [0.5, 0.6) is 5.75 Å². The van der Waals surface area contributed by atoms with Gasteiger partial charge in [-0.15, -0.1) is 13.2 Å². The first-order valence-corrected chi connectivity index (χ1v) is 10.3. The third-order valence-electron chi connectivity index (χ3n) is 5.78. The number of aliphatic hydroxyl groups is 1. The molecule has 0 atom stereocenters. The molecule has 0 bridgehead atoms. The Morgan fingerprint density at radius 1 is 1.23 bits per heavy atom. The molecule has 0 saturated carbocycles. The number of hydrogen-bond acceptors (Lipinski definition) is 4. The summed E-state index contributed by atoms with van der Waals surface area (Å²) in [5.41, 5.74) is 4.92. The highest BCUT2D eigenvalue weighted by atomic mass is 19.4. The first-order chi connectivity index (χ1) is 14.7. The molecule has 0 radical (unpaired) electrons. The maximum Gasteiger partial charge on any atom is 0.573 e. The van der Waals surface area contributed by atoms with Gasteiger partial charge < -0.3 is 14.4 Å². The van der Waals surface area contributed by atoms with Gasteiger partial charge in [0.25, 0.3) is 5.56 Å². The molecule has 3 heterocycles. The second kappa shape index (κ2) is 8.00. The molecular weight excluding hydrogens is 409 g/mol. The average Bonchev–Trinajstić information content (AvgIpc) is 3.06. The summed E-state index contributed by atoms with van der Waals surface area (Å²) in [6.45, 7) is 4.05. The van der Waals surface area contributed by atoms with Crippen molar-refractivity contribution in [1.82, 2.24) is 9.55 Å². The summed E-state index contributed by atoms with van der Waals surface area (Å²) >= 11 is 0. The minimum Gasteiger partial charge on any atom is -0.406 e. The fraction of sp³-hybridized carbons (Fsp3) is 0.391. The molecule has 0 aliphatic carbocycles. The molecule has 1 aliphatic heterocycles. The maximum absolute atomic E-state index is 13.0. The molecule has 5 nitrogen and oxygen atoms in total. The van der Waals surface area contributed by atoms with Crippen molar-refractivity contribution >= 4 is 10.9 Å². The van der Waals surface area contributed by atoms with Crippen LogP contribution in [0.15, 0.2) is 29.1 Å². The van der Waals surface area contributed by atoms with Crippen molar-refractivity contribution in [3.63, 3.8) is 0 Å². The molecule has 0 fully saturated rings. The van der Waals surface area contributed by atoms with Crippen molar-refractivity contribution in [3.05, 3.63) is 56.9 Å². The number of halogens is 3. The number of fused-ring (bicyclic) bond motifs is 4. The molecule has 164 valence electrons. The number of hydrogen-bond donors (Lipinski definition) is 1. The number of nitrogens with zero attached hydrogens (tertiary/aromatic N) is 2.